The van der Waals surface area contributed by atoms with Crippen molar-refractivity contribution < 1.29 is 23.8 Å². The van der Waals surface area contributed by atoms with Gasteiger partial charge < -0.3 is 19.9 Å². The standard InChI is InChI=1S/C16H23NO5/c1-3-4-5-6-7-10-21-16(19)22-14-11-12(17)8-9-13(14)15(18)20-2/h8-9,11H,3-7,10,17H2,1-2H3. The molecule has 0 saturated heterocycles. The quantitative estimate of drug-likeness (QED) is 0.342. The van der Waals surface area contributed by atoms with Crippen LogP contribution in [0.25, 0.3) is 0 Å². The smallest absolute Gasteiger partial charge is 0.465 e. The number of nitrogens with two attached hydrogens (primary N) is 1. The number of rotatable bonds is 8. The maximum atomic E-state index is 11.6. The van der Waals surface area contributed by atoms with Gasteiger partial charge in [0.2, 0.25) is 0 Å². The van der Waals surface area contributed by atoms with Gasteiger partial charge in [-0.1, -0.05) is 32.6 Å². The summed E-state index contributed by atoms with van der Waals surface area (Å²) in [5.41, 5.74) is 6.12. The number of ether oxygens (including phenoxy) is 3. The number of unbranched alkanes of at least 4 members (excludes halogenated alkanes) is 4. The summed E-state index contributed by atoms with van der Waals surface area (Å²) >= 11 is 0. The van der Waals surface area contributed by atoms with Gasteiger partial charge >= 0.3 is 12.1 Å². The molecule has 122 valence electrons. The minimum Gasteiger partial charge on any atom is -0.465 e. The maximum Gasteiger partial charge on any atom is 0.513 e. The SMILES string of the molecule is CCCCCCCOC(=O)Oc1cc(N)ccc1C(=O)OC. The van der Waals surface area contributed by atoms with Gasteiger partial charge in [0.15, 0.2) is 5.75 Å². The Bertz CT molecular complexity index is 501. The van der Waals surface area contributed by atoms with Crippen LogP contribution in [0.2, 0.25) is 0 Å². The second-order valence-electron chi connectivity index (χ2n) is 4.86. The molecule has 0 aromatic heterocycles. The summed E-state index contributed by atoms with van der Waals surface area (Å²) in [4.78, 5) is 23.2. The average Bonchev–Trinajstić information content (AvgIpc) is 2.50. The van der Waals surface area contributed by atoms with Gasteiger partial charge in [-0.05, 0) is 18.6 Å². The molecule has 6 heteroatoms. The number of esters is 1. The average molecular weight is 309 g/mol. The second-order valence-corrected chi connectivity index (χ2v) is 4.86. The Kier molecular flexibility index (Phi) is 7.81. The number of methoxy groups -OCH3 is 1. The first kappa shape index (κ1) is 17.8. The maximum absolute atomic E-state index is 11.6. The van der Waals surface area contributed by atoms with Crippen LogP contribution >= 0.6 is 0 Å². The lowest BCUT2D eigenvalue weighted by molar-refractivity contribution is 0.0594. The molecule has 0 saturated carbocycles. The van der Waals surface area contributed by atoms with Gasteiger partial charge in [0.25, 0.3) is 0 Å². The van der Waals surface area contributed by atoms with Crippen molar-refractivity contribution in [2.45, 2.75) is 39.0 Å². The molecular weight excluding hydrogens is 286 g/mol. The van der Waals surface area contributed by atoms with Crippen molar-refractivity contribution in [1.29, 1.82) is 0 Å². The van der Waals surface area contributed by atoms with Crippen molar-refractivity contribution in [3.63, 3.8) is 0 Å². The lowest BCUT2D eigenvalue weighted by Gasteiger charge is -2.10. The monoisotopic (exact) mass is 309 g/mol. The Morgan fingerprint density at radius 3 is 2.55 bits per heavy atom. The van der Waals surface area contributed by atoms with Crippen LogP contribution in [0.4, 0.5) is 10.5 Å². The number of benzene rings is 1. The van der Waals surface area contributed by atoms with E-state index in [9.17, 15) is 9.59 Å². The summed E-state index contributed by atoms with van der Waals surface area (Å²) in [6.07, 6.45) is 4.40. The summed E-state index contributed by atoms with van der Waals surface area (Å²) in [6.45, 7) is 2.43. The zero-order chi connectivity index (χ0) is 16.4. The normalized spacial score (nSPS) is 10.1. The molecule has 1 aromatic rings. The third-order valence-electron chi connectivity index (χ3n) is 3.07. The van der Waals surface area contributed by atoms with Crippen molar-refractivity contribution in [3.8, 4) is 5.75 Å². The molecular formula is C16H23NO5. The third kappa shape index (κ3) is 6.03. The van der Waals surface area contributed by atoms with Gasteiger partial charge in [-0.15, -0.1) is 0 Å². The highest BCUT2D eigenvalue weighted by molar-refractivity contribution is 5.93. The fraction of sp³-hybridized carbons (Fsp3) is 0.500. The molecule has 0 aliphatic heterocycles. The first-order chi connectivity index (χ1) is 10.6. The third-order valence-corrected chi connectivity index (χ3v) is 3.07. The minimum atomic E-state index is -0.855. The number of hydrogen-bond donors (Lipinski definition) is 1. The van der Waals surface area contributed by atoms with Gasteiger partial charge in [0.05, 0.1) is 13.7 Å². The number of nitrogen functional groups attached to an aromatic ring is 1. The van der Waals surface area contributed by atoms with E-state index in [0.717, 1.165) is 25.7 Å². The molecule has 0 unspecified atom stereocenters. The second kappa shape index (κ2) is 9.65. The Morgan fingerprint density at radius 2 is 1.86 bits per heavy atom. The first-order valence-electron chi connectivity index (χ1n) is 7.41. The van der Waals surface area contributed by atoms with E-state index in [-0.39, 0.29) is 11.3 Å². The van der Waals surface area contributed by atoms with E-state index < -0.39 is 12.1 Å². The van der Waals surface area contributed by atoms with Crippen molar-refractivity contribution in [2.24, 2.45) is 0 Å². The molecule has 22 heavy (non-hydrogen) atoms. The number of hydrogen-bond acceptors (Lipinski definition) is 6. The zero-order valence-corrected chi connectivity index (χ0v) is 13.1. The fourth-order valence-electron chi connectivity index (χ4n) is 1.88. The predicted molar refractivity (Wildman–Crippen MR) is 82.9 cm³/mol. The van der Waals surface area contributed by atoms with Crippen molar-refractivity contribution >= 4 is 17.8 Å². The summed E-state index contributed by atoms with van der Waals surface area (Å²) in [6, 6.07) is 4.35. The molecule has 0 radical (unpaired) electrons. The number of anilines is 1. The van der Waals surface area contributed by atoms with E-state index in [2.05, 4.69) is 11.7 Å². The molecule has 1 aromatic carbocycles. The van der Waals surface area contributed by atoms with Crippen LogP contribution in [0.3, 0.4) is 0 Å². The van der Waals surface area contributed by atoms with Gasteiger partial charge in [0.1, 0.15) is 5.56 Å². The Hall–Kier alpha value is -2.24. The molecule has 0 amide bonds. The molecule has 0 aliphatic carbocycles. The summed E-state index contributed by atoms with van der Waals surface area (Å²) in [5.74, 6) is -0.579. The lowest BCUT2D eigenvalue weighted by atomic mass is 10.2. The molecule has 1 rings (SSSR count). The number of carbonyl (C=O) groups is 2. The van der Waals surface area contributed by atoms with Crippen LogP contribution < -0.4 is 10.5 Å². The van der Waals surface area contributed by atoms with Gasteiger partial charge in [-0.25, -0.2) is 9.59 Å². The molecule has 0 spiro atoms. The minimum absolute atomic E-state index is 0.0304. The van der Waals surface area contributed by atoms with Crippen molar-refractivity contribution in [2.75, 3.05) is 19.5 Å². The molecule has 0 atom stereocenters. The molecule has 0 fully saturated rings. The molecule has 0 bridgehead atoms. The van der Waals surface area contributed by atoms with Gasteiger partial charge in [-0.3, -0.25) is 0 Å². The summed E-state index contributed by atoms with van der Waals surface area (Å²) < 4.78 is 14.6. The van der Waals surface area contributed by atoms with Crippen LogP contribution in [0, 0.1) is 0 Å². The van der Waals surface area contributed by atoms with Gasteiger partial charge in [0, 0.05) is 11.8 Å². The highest BCUT2D eigenvalue weighted by Crippen LogP contribution is 2.23. The summed E-state index contributed by atoms with van der Waals surface area (Å²) in [5, 5.41) is 0. The highest BCUT2D eigenvalue weighted by Gasteiger charge is 2.17. The number of carbonyl (C=O) groups excluding carboxylic acids is 2. The van der Waals surface area contributed by atoms with Gasteiger partial charge in [-0.2, -0.15) is 0 Å². The van der Waals surface area contributed by atoms with E-state index in [1.165, 1.54) is 31.7 Å². The Morgan fingerprint density at radius 1 is 1.14 bits per heavy atom. The van der Waals surface area contributed by atoms with E-state index in [0.29, 0.717) is 12.3 Å². The van der Waals surface area contributed by atoms with Crippen LogP contribution in [0.1, 0.15) is 49.4 Å². The Balaban J connectivity index is 2.50. The van der Waals surface area contributed by atoms with Crippen LogP contribution in [-0.2, 0) is 9.47 Å². The highest BCUT2D eigenvalue weighted by atomic mass is 16.7. The molecule has 0 aliphatic rings. The first-order valence-corrected chi connectivity index (χ1v) is 7.41. The van der Waals surface area contributed by atoms with Crippen LogP contribution in [0.15, 0.2) is 18.2 Å². The summed E-state index contributed by atoms with van der Waals surface area (Å²) in [7, 11) is 1.25. The van der Waals surface area contributed by atoms with E-state index in [1.807, 2.05) is 0 Å². The topological polar surface area (TPSA) is 87.9 Å². The molecule has 2 N–H and O–H groups in total. The fourth-order valence-corrected chi connectivity index (χ4v) is 1.88. The lowest BCUT2D eigenvalue weighted by Crippen LogP contribution is -2.14. The molecule has 6 nitrogen and oxygen atoms in total. The largest absolute Gasteiger partial charge is 0.513 e. The van der Waals surface area contributed by atoms with Crippen LogP contribution in [-0.4, -0.2) is 25.8 Å². The van der Waals surface area contributed by atoms with Crippen LogP contribution in [0.5, 0.6) is 5.75 Å². The van der Waals surface area contributed by atoms with Crippen molar-refractivity contribution in [1.82, 2.24) is 0 Å². The van der Waals surface area contributed by atoms with E-state index >= 15 is 0 Å². The Labute approximate surface area is 130 Å². The predicted octanol–water partition coefficient (Wildman–Crippen LogP) is 3.54. The zero-order valence-electron chi connectivity index (χ0n) is 13.1. The van der Waals surface area contributed by atoms with E-state index in [1.54, 1.807) is 0 Å². The van der Waals surface area contributed by atoms with Crippen molar-refractivity contribution in [3.05, 3.63) is 23.8 Å². The van der Waals surface area contributed by atoms with E-state index in [4.69, 9.17) is 15.2 Å². The molecule has 0 heterocycles.